The fourth-order valence-corrected chi connectivity index (χ4v) is 3.14. The Balaban J connectivity index is 1.68. The number of hydrogen-bond acceptors (Lipinski definition) is 2. The van der Waals surface area contributed by atoms with Crippen molar-refractivity contribution in [2.75, 3.05) is 19.0 Å². The standard InChI is InChI=1S/C20H19N3O2/c1-25-11-10-23-18-5-3-2-4-15(18)12-19(23)20(24)22-16-7-6-14-8-9-21-17(14)13-16/h2-9,12-13,21H,10-11H2,1H3,(H,22,24). The molecule has 126 valence electrons. The number of ether oxygens (including phenoxy) is 1. The lowest BCUT2D eigenvalue weighted by Crippen LogP contribution is -2.18. The van der Waals surface area contributed by atoms with Crippen LogP contribution in [-0.2, 0) is 11.3 Å². The Kier molecular flexibility index (Phi) is 3.99. The van der Waals surface area contributed by atoms with Gasteiger partial charge in [-0.1, -0.05) is 24.3 Å². The van der Waals surface area contributed by atoms with Gasteiger partial charge in [0, 0.05) is 42.0 Å². The van der Waals surface area contributed by atoms with E-state index in [0.717, 1.165) is 27.5 Å². The van der Waals surface area contributed by atoms with Gasteiger partial charge in [0.05, 0.1) is 6.61 Å². The van der Waals surface area contributed by atoms with Gasteiger partial charge in [0.1, 0.15) is 5.69 Å². The van der Waals surface area contributed by atoms with Crippen molar-refractivity contribution >= 4 is 33.4 Å². The second-order valence-corrected chi connectivity index (χ2v) is 5.97. The summed E-state index contributed by atoms with van der Waals surface area (Å²) in [5.41, 5.74) is 3.43. The van der Waals surface area contributed by atoms with Crippen molar-refractivity contribution in [3.05, 3.63) is 66.5 Å². The highest BCUT2D eigenvalue weighted by molar-refractivity contribution is 6.07. The van der Waals surface area contributed by atoms with E-state index >= 15 is 0 Å². The molecule has 5 nitrogen and oxygen atoms in total. The number of fused-ring (bicyclic) bond motifs is 2. The summed E-state index contributed by atoms with van der Waals surface area (Å²) in [6, 6.07) is 17.8. The molecule has 2 aromatic heterocycles. The van der Waals surface area contributed by atoms with E-state index in [4.69, 9.17) is 4.74 Å². The Morgan fingerprint density at radius 1 is 1.12 bits per heavy atom. The molecule has 1 amide bonds. The average Bonchev–Trinajstić information content (AvgIpc) is 3.23. The molecule has 0 spiro atoms. The topological polar surface area (TPSA) is 59.0 Å². The number of methoxy groups -OCH3 is 1. The SMILES string of the molecule is COCCn1c(C(=O)Nc2ccc3cc[nH]c3c2)cc2ccccc21. The number of aromatic amines is 1. The van der Waals surface area contributed by atoms with Crippen LogP contribution in [0.1, 0.15) is 10.5 Å². The molecule has 0 saturated heterocycles. The van der Waals surface area contributed by atoms with Crippen LogP contribution in [0, 0.1) is 0 Å². The lowest BCUT2D eigenvalue weighted by Gasteiger charge is -2.11. The number of hydrogen-bond donors (Lipinski definition) is 2. The van der Waals surface area contributed by atoms with Crippen molar-refractivity contribution < 1.29 is 9.53 Å². The number of H-pyrrole nitrogens is 1. The number of benzene rings is 2. The maximum atomic E-state index is 12.9. The molecular weight excluding hydrogens is 314 g/mol. The molecule has 2 N–H and O–H groups in total. The van der Waals surface area contributed by atoms with Gasteiger partial charge >= 0.3 is 0 Å². The first-order chi connectivity index (χ1) is 12.3. The molecule has 4 aromatic rings. The Morgan fingerprint density at radius 3 is 2.88 bits per heavy atom. The van der Waals surface area contributed by atoms with Crippen LogP contribution < -0.4 is 5.32 Å². The van der Waals surface area contributed by atoms with Crippen LogP contribution >= 0.6 is 0 Å². The highest BCUT2D eigenvalue weighted by Crippen LogP contribution is 2.22. The maximum Gasteiger partial charge on any atom is 0.272 e. The van der Waals surface area contributed by atoms with Crippen LogP contribution in [0.3, 0.4) is 0 Å². The highest BCUT2D eigenvalue weighted by atomic mass is 16.5. The van der Waals surface area contributed by atoms with E-state index in [-0.39, 0.29) is 5.91 Å². The summed E-state index contributed by atoms with van der Waals surface area (Å²) in [6.45, 7) is 1.18. The van der Waals surface area contributed by atoms with Crippen LogP contribution in [0.4, 0.5) is 5.69 Å². The Morgan fingerprint density at radius 2 is 2.00 bits per heavy atom. The van der Waals surface area contributed by atoms with Crippen molar-refractivity contribution in [3.8, 4) is 0 Å². The molecule has 0 radical (unpaired) electrons. The zero-order chi connectivity index (χ0) is 17.2. The highest BCUT2D eigenvalue weighted by Gasteiger charge is 2.15. The van der Waals surface area contributed by atoms with Gasteiger partial charge in [-0.25, -0.2) is 0 Å². The second kappa shape index (κ2) is 6.45. The molecular formula is C20H19N3O2. The predicted molar refractivity (Wildman–Crippen MR) is 100 cm³/mol. The predicted octanol–water partition coefficient (Wildman–Crippen LogP) is 4.02. The largest absolute Gasteiger partial charge is 0.383 e. The van der Waals surface area contributed by atoms with E-state index in [0.29, 0.717) is 18.8 Å². The summed E-state index contributed by atoms with van der Waals surface area (Å²) >= 11 is 0. The van der Waals surface area contributed by atoms with Crippen molar-refractivity contribution in [1.29, 1.82) is 0 Å². The zero-order valence-electron chi connectivity index (χ0n) is 14.0. The van der Waals surface area contributed by atoms with Gasteiger partial charge in [-0.05, 0) is 35.7 Å². The summed E-state index contributed by atoms with van der Waals surface area (Å²) in [7, 11) is 1.66. The molecule has 25 heavy (non-hydrogen) atoms. The second-order valence-electron chi connectivity index (χ2n) is 5.97. The van der Waals surface area contributed by atoms with E-state index in [2.05, 4.69) is 10.3 Å². The number of carbonyl (C=O) groups is 1. The van der Waals surface area contributed by atoms with Crippen LogP contribution in [-0.4, -0.2) is 29.2 Å². The Labute approximate surface area is 145 Å². The number of rotatable bonds is 5. The van der Waals surface area contributed by atoms with E-state index in [1.54, 1.807) is 7.11 Å². The van der Waals surface area contributed by atoms with Crippen LogP contribution in [0.25, 0.3) is 21.8 Å². The van der Waals surface area contributed by atoms with Crippen molar-refractivity contribution in [1.82, 2.24) is 9.55 Å². The summed E-state index contributed by atoms with van der Waals surface area (Å²) in [5, 5.41) is 5.16. The number of aromatic nitrogens is 2. The van der Waals surface area contributed by atoms with Crippen LogP contribution in [0.15, 0.2) is 60.8 Å². The third-order valence-corrected chi connectivity index (χ3v) is 4.38. The number of anilines is 1. The molecule has 0 atom stereocenters. The lowest BCUT2D eigenvalue weighted by molar-refractivity contribution is 0.101. The minimum Gasteiger partial charge on any atom is -0.383 e. The van der Waals surface area contributed by atoms with Gasteiger partial charge in [-0.15, -0.1) is 0 Å². The van der Waals surface area contributed by atoms with Gasteiger partial charge in [0.15, 0.2) is 0 Å². The van der Waals surface area contributed by atoms with Crippen molar-refractivity contribution in [2.24, 2.45) is 0 Å². The maximum absolute atomic E-state index is 12.9. The number of nitrogens with zero attached hydrogens (tertiary/aromatic N) is 1. The smallest absolute Gasteiger partial charge is 0.272 e. The minimum absolute atomic E-state index is 0.127. The third-order valence-electron chi connectivity index (χ3n) is 4.38. The molecule has 5 heteroatoms. The first kappa shape index (κ1) is 15.5. The minimum atomic E-state index is -0.127. The number of para-hydroxylation sites is 1. The number of carbonyl (C=O) groups excluding carboxylic acids is 1. The fraction of sp³-hybridized carbons (Fsp3) is 0.150. The average molecular weight is 333 g/mol. The Hall–Kier alpha value is -3.05. The van der Waals surface area contributed by atoms with Gasteiger partial charge in [-0.2, -0.15) is 0 Å². The summed E-state index contributed by atoms with van der Waals surface area (Å²) < 4.78 is 7.20. The van der Waals surface area contributed by atoms with Gasteiger partial charge in [0.2, 0.25) is 0 Å². The van der Waals surface area contributed by atoms with Gasteiger partial charge in [0.25, 0.3) is 5.91 Å². The number of nitrogens with one attached hydrogen (secondary N) is 2. The molecule has 4 rings (SSSR count). The van der Waals surface area contributed by atoms with E-state index in [1.807, 2.05) is 65.4 Å². The molecule has 0 saturated carbocycles. The molecule has 0 fully saturated rings. The van der Waals surface area contributed by atoms with Crippen molar-refractivity contribution in [3.63, 3.8) is 0 Å². The summed E-state index contributed by atoms with van der Waals surface area (Å²) in [6.07, 6.45) is 1.89. The molecule has 0 aliphatic heterocycles. The van der Waals surface area contributed by atoms with Gasteiger partial charge in [-0.3, -0.25) is 4.79 Å². The normalized spacial score (nSPS) is 11.2. The van der Waals surface area contributed by atoms with Gasteiger partial charge < -0.3 is 19.6 Å². The molecule has 0 aliphatic carbocycles. The van der Waals surface area contributed by atoms with E-state index < -0.39 is 0 Å². The third kappa shape index (κ3) is 2.90. The molecule has 0 unspecified atom stereocenters. The zero-order valence-corrected chi connectivity index (χ0v) is 14.0. The fourth-order valence-electron chi connectivity index (χ4n) is 3.14. The summed E-state index contributed by atoms with van der Waals surface area (Å²) in [5.74, 6) is -0.127. The monoisotopic (exact) mass is 333 g/mol. The molecule has 0 bridgehead atoms. The van der Waals surface area contributed by atoms with E-state index in [9.17, 15) is 4.79 Å². The molecule has 0 aliphatic rings. The first-order valence-electron chi connectivity index (χ1n) is 8.22. The lowest BCUT2D eigenvalue weighted by atomic mass is 10.2. The van der Waals surface area contributed by atoms with Crippen LogP contribution in [0.2, 0.25) is 0 Å². The molecule has 2 aromatic carbocycles. The van der Waals surface area contributed by atoms with E-state index in [1.165, 1.54) is 0 Å². The summed E-state index contributed by atoms with van der Waals surface area (Å²) in [4.78, 5) is 16.0. The quantitative estimate of drug-likeness (QED) is 0.579. The Bertz CT molecular complexity index is 1050. The van der Waals surface area contributed by atoms with Crippen LogP contribution in [0.5, 0.6) is 0 Å². The van der Waals surface area contributed by atoms with Crippen molar-refractivity contribution in [2.45, 2.75) is 6.54 Å². The number of amides is 1. The first-order valence-corrected chi connectivity index (χ1v) is 8.22. The molecule has 2 heterocycles.